The monoisotopic (exact) mass is 294 g/mol. The minimum absolute atomic E-state index is 0.114. The molecule has 0 bridgehead atoms. The molecule has 0 saturated carbocycles. The van der Waals surface area contributed by atoms with Gasteiger partial charge in [0, 0.05) is 13.1 Å². The summed E-state index contributed by atoms with van der Waals surface area (Å²) in [6.45, 7) is 0.841. The molecule has 3 heterocycles. The van der Waals surface area contributed by atoms with E-state index < -0.39 is 11.6 Å². The molecule has 7 nitrogen and oxygen atoms in total. The number of hydrogen-bond acceptors (Lipinski definition) is 5. The Kier molecular flexibility index (Phi) is 2.89. The van der Waals surface area contributed by atoms with Crippen LogP contribution in [0.15, 0.2) is 11.4 Å². The summed E-state index contributed by atoms with van der Waals surface area (Å²) in [4.78, 5) is 37.5. The van der Waals surface area contributed by atoms with Gasteiger partial charge in [-0.1, -0.05) is 0 Å². The Labute approximate surface area is 119 Å². The summed E-state index contributed by atoms with van der Waals surface area (Å²) in [6.07, 6.45) is 0.836. The number of nitrogens with zero attached hydrogens (tertiary/aromatic N) is 1. The standard InChI is InChI=1S/C12H14N4O3S/c13-7-1-6-20-8(7)9(17)16-4-2-12(3-5-16)10(18)14-11(19)15-12/h1,6H,2-5,13H2,(H2,14,15,18,19). The maximum atomic E-state index is 12.3. The predicted octanol–water partition coefficient (Wildman–Crippen LogP) is 0.145. The van der Waals surface area contributed by atoms with E-state index in [1.54, 1.807) is 16.3 Å². The summed E-state index contributed by atoms with van der Waals surface area (Å²) < 4.78 is 0. The molecule has 2 saturated heterocycles. The molecule has 1 spiro atoms. The van der Waals surface area contributed by atoms with E-state index in [-0.39, 0.29) is 11.8 Å². The number of hydrogen-bond donors (Lipinski definition) is 3. The van der Waals surface area contributed by atoms with Crippen LogP contribution in [-0.4, -0.2) is 41.4 Å². The third-order valence-electron chi connectivity index (χ3n) is 3.81. The Morgan fingerprint density at radius 2 is 2.05 bits per heavy atom. The van der Waals surface area contributed by atoms with Gasteiger partial charge in [-0.15, -0.1) is 11.3 Å². The molecule has 8 heteroatoms. The number of piperidine rings is 1. The first kappa shape index (κ1) is 12.9. The molecule has 1 aromatic rings. The molecule has 0 aromatic carbocycles. The smallest absolute Gasteiger partial charge is 0.322 e. The molecule has 4 N–H and O–H groups in total. The predicted molar refractivity (Wildman–Crippen MR) is 73.3 cm³/mol. The lowest BCUT2D eigenvalue weighted by Crippen LogP contribution is -2.55. The van der Waals surface area contributed by atoms with E-state index in [2.05, 4.69) is 10.6 Å². The molecule has 3 rings (SSSR count). The average Bonchev–Trinajstić information content (AvgIpc) is 2.95. The van der Waals surface area contributed by atoms with Crippen LogP contribution >= 0.6 is 11.3 Å². The number of carbonyl (C=O) groups is 3. The lowest BCUT2D eigenvalue weighted by molar-refractivity contribution is -0.125. The van der Waals surface area contributed by atoms with Gasteiger partial charge in [-0.2, -0.15) is 0 Å². The van der Waals surface area contributed by atoms with Gasteiger partial charge in [0.15, 0.2) is 0 Å². The molecule has 0 radical (unpaired) electrons. The van der Waals surface area contributed by atoms with E-state index in [4.69, 9.17) is 5.73 Å². The summed E-state index contributed by atoms with van der Waals surface area (Å²) >= 11 is 1.31. The van der Waals surface area contributed by atoms with Crippen LogP contribution in [0.4, 0.5) is 10.5 Å². The van der Waals surface area contributed by atoms with Crippen molar-refractivity contribution in [1.82, 2.24) is 15.5 Å². The second-order valence-electron chi connectivity index (χ2n) is 4.99. The fourth-order valence-electron chi connectivity index (χ4n) is 2.61. The van der Waals surface area contributed by atoms with Gasteiger partial charge < -0.3 is 16.0 Å². The number of amides is 4. The normalized spacial score (nSPS) is 20.9. The summed E-state index contributed by atoms with van der Waals surface area (Å²) in [5.74, 6) is -0.415. The van der Waals surface area contributed by atoms with Crippen LogP contribution in [0.3, 0.4) is 0 Å². The van der Waals surface area contributed by atoms with Crippen molar-refractivity contribution >= 4 is 34.9 Å². The van der Waals surface area contributed by atoms with Gasteiger partial charge in [-0.05, 0) is 24.3 Å². The van der Waals surface area contributed by atoms with Crippen molar-refractivity contribution in [2.24, 2.45) is 0 Å². The molecular formula is C12H14N4O3S. The second kappa shape index (κ2) is 4.48. The molecule has 2 aliphatic rings. The topological polar surface area (TPSA) is 105 Å². The zero-order valence-electron chi connectivity index (χ0n) is 10.6. The highest BCUT2D eigenvalue weighted by Crippen LogP contribution is 2.28. The Morgan fingerprint density at radius 1 is 1.35 bits per heavy atom. The molecule has 2 fully saturated rings. The molecular weight excluding hydrogens is 280 g/mol. The van der Waals surface area contributed by atoms with E-state index in [0.29, 0.717) is 36.5 Å². The maximum Gasteiger partial charge on any atom is 0.322 e. The second-order valence-corrected chi connectivity index (χ2v) is 5.90. The van der Waals surface area contributed by atoms with Crippen molar-refractivity contribution < 1.29 is 14.4 Å². The zero-order chi connectivity index (χ0) is 14.3. The van der Waals surface area contributed by atoms with Crippen molar-refractivity contribution in [2.45, 2.75) is 18.4 Å². The van der Waals surface area contributed by atoms with Gasteiger partial charge in [-0.3, -0.25) is 14.9 Å². The highest BCUT2D eigenvalue weighted by Gasteiger charge is 2.48. The minimum Gasteiger partial charge on any atom is -0.397 e. The number of carbonyl (C=O) groups excluding carboxylic acids is 3. The van der Waals surface area contributed by atoms with Crippen molar-refractivity contribution in [3.63, 3.8) is 0 Å². The fraction of sp³-hybridized carbons (Fsp3) is 0.417. The van der Waals surface area contributed by atoms with Crippen LogP contribution in [0.25, 0.3) is 0 Å². The molecule has 4 amide bonds. The van der Waals surface area contributed by atoms with E-state index in [0.717, 1.165) is 0 Å². The minimum atomic E-state index is -0.852. The molecule has 1 aromatic heterocycles. The lowest BCUT2D eigenvalue weighted by Gasteiger charge is -2.36. The molecule has 20 heavy (non-hydrogen) atoms. The summed E-state index contributed by atoms with van der Waals surface area (Å²) in [5, 5.41) is 6.69. The number of likely N-dealkylation sites (tertiary alicyclic amines) is 1. The number of thiophene rings is 1. The number of anilines is 1. The third kappa shape index (κ3) is 1.92. The van der Waals surface area contributed by atoms with Crippen LogP contribution < -0.4 is 16.4 Å². The van der Waals surface area contributed by atoms with E-state index >= 15 is 0 Å². The number of urea groups is 1. The molecule has 0 atom stereocenters. The number of nitrogen functional groups attached to an aromatic ring is 1. The van der Waals surface area contributed by atoms with Crippen LogP contribution in [0.5, 0.6) is 0 Å². The Bertz CT molecular complexity index is 589. The molecule has 2 aliphatic heterocycles. The first-order valence-corrected chi connectivity index (χ1v) is 7.16. The van der Waals surface area contributed by atoms with Crippen LogP contribution in [0.2, 0.25) is 0 Å². The van der Waals surface area contributed by atoms with Crippen LogP contribution in [0.1, 0.15) is 22.5 Å². The SMILES string of the molecule is Nc1ccsc1C(=O)N1CCC2(CC1)NC(=O)NC2=O. The van der Waals surface area contributed by atoms with Crippen LogP contribution in [-0.2, 0) is 4.79 Å². The number of rotatable bonds is 1. The highest BCUT2D eigenvalue weighted by atomic mass is 32.1. The third-order valence-corrected chi connectivity index (χ3v) is 4.73. The average molecular weight is 294 g/mol. The quantitative estimate of drug-likeness (QED) is 0.641. The summed E-state index contributed by atoms with van der Waals surface area (Å²) in [6, 6.07) is 1.24. The number of nitrogens with two attached hydrogens (primary N) is 1. The maximum absolute atomic E-state index is 12.3. The Hall–Kier alpha value is -2.09. The molecule has 0 unspecified atom stereocenters. The van der Waals surface area contributed by atoms with Gasteiger partial charge in [0.1, 0.15) is 10.4 Å². The summed E-state index contributed by atoms with van der Waals surface area (Å²) in [5.41, 5.74) is 5.37. The first-order chi connectivity index (χ1) is 9.52. The van der Waals surface area contributed by atoms with E-state index in [1.807, 2.05) is 0 Å². The zero-order valence-corrected chi connectivity index (χ0v) is 11.5. The molecule has 0 aliphatic carbocycles. The number of nitrogens with one attached hydrogen (secondary N) is 2. The van der Waals surface area contributed by atoms with Crippen LogP contribution in [0, 0.1) is 0 Å². The van der Waals surface area contributed by atoms with Gasteiger partial charge >= 0.3 is 6.03 Å². The van der Waals surface area contributed by atoms with Gasteiger partial charge in [0.05, 0.1) is 5.69 Å². The lowest BCUT2D eigenvalue weighted by atomic mass is 9.87. The van der Waals surface area contributed by atoms with E-state index in [9.17, 15) is 14.4 Å². The largest absolute Gasteiger partial charge is 0.397 e. The van der Waals surface area contributed by atoms with Gasteiger partial charge in [0.2, 0.25) is 0 Å². The fourth-order valence-corrected chi connectivity index (χ4v) is 3.39. The molecule has 106 valence electrons. The highest BCUT2D eigenvalue weighted by molar-refractivity contribution is 7.12. The Morgan fingerprint density at radius 3 is 2.55 bits per heavy atom. The van der Waals surface area contributed by atoms with Crippen molar-refractivity contribution in [3.05, 3.63) is 16.3 Å². The Balaban J connectivity index is 1.70. The first-order valence-electron chi connectivity index (χ1n) is 6.28. The number of imide groups is 1. The van der Waals surface area contributed by atoms with Crippen molar-refractivity contribution in [3.8, 4) is 0 Å². The van der Waals surface area contributed by atoms with Gasteiger partial charge in [-0.25, -0.2) is 4.79 Å². The van der Waals surface area contributed by atoms with Crippen molar-refractivity contribution in [1.29, 1.82) is 0 Å². The van der Waals surface area contributed by atoms with Gasteiger partial charge in [0.25, 0.3) is 11.8 Å². The summed E-state index contributed by atoms with van der Waals surface area (Å²) in [7, 11) is 0. The van der Waals surface area contributed by atoms with E-state index in [1.165, 1.54) is 11.3 Å². The van der Waals surface area contributed by atoms with Crippen molar-refractivity contribution in [2.75, 3.05) is 18.8 Å².